The van der Waals surface area contributed by atoms with E-state index in [4.69, 9.17) is 0 Å². The van der Waals surface area contributed by atoms with Crippen LogP contribution in [0.25, 0.3) is 0 Å². The Morgan fingerprint density at radius 2 is 2.46 bits per heavy atom. The topological polar surface area (TPSA) is 17.8 Å². The molecule has 0 bridgehead atoms. The van der Waals surface area contributed by atoms with Gasteiger partial charge in [-0.1, -0.05) is 19.8 Å². The molecule has 1 atom stereocenters. The van der Waals surface area contributed by atoms with Crippen molar-refractivity contribution in [3.63, 3.8) is 0 Å². The van der Waals surface area contributed by atoms with Crippen LogP contribution in [0.4, 0.5) is 0 Å². The summed E-state index contributed by atoms with van der Waals surface area (Å²) in [6.45, 7) is 5.61. The Labute approximate surface area is 80.0 Å². The third-order valence-corrected chi connectivity index (χ3v) is 3.07. The van der Waals surface area contributed by atoms with Crippen LogP contribution >= 0.6 is 0 Å². The summed E-state index contributed by atoms with van der Waals surface area (Å²) in [4.78, 5) is 4.45. The van der Waals surface area contributed by atoms with E-state index in [1.54, 1.807) is 0 Å². The van der Waals surface area contributed by atoms with E-state index in [1.165, 1.54) is 43.7 Å². The molecule has 0 spiro atoms. The molecule has 0 saturated heterocycles. The third kappa shape index (κ3) is 1.62. The zero-order valence-corrected chi connectivity index (χ0v) is 8.58. The fourth-order valence-electron chi connectivity index (χ4n) is 2.31. The first kappa shape index (κ1) is 8.79. The SMILES string of the molecule is CCCC1CCn2c(C)cnc2C1. The largest absolute Gasteiger partial charge is 0.332 e. The van der Waals surface area contributed by atoms with Gasteiger partial charge in [-0.3, -0.25) is 0 Å². The number of imidazole rings is 1. The summed E-state index contributed by atoms with van der Waals surface area (Å²) < 4.78 is 2.37. The third-order valence-electron chi connectivity index (χ3n) is 3.07. The maximum atomic E-state index is 4.45. The average Bonchev–Trinajstić information content (AvgIpc) is 2.48. The molecule has 2 nitrogen and oxygen atoms in total. The van der Waals surface area contributed by atoms with Gasteiger partial charge in [-0.15, -0.1) is 0 Å². The van der Waals surface area contributed by atoms with Crippen LogP contribution in [0.3, 0.4) is 0 Å². The molecule has 72 valence electrons. The van der Waals surface area contributed by atoms with Gasteiger partial charge in [-0.25, -0.2) is 4.98 Å². The number of hydrogen-bond acceptors (Lipinski definition) is 1. The zero-order valence-electron chi connectivity index (χ0n) is 8.58. The Kier molecular flexibility index (Phi) is 2.38. The van der Waals surface area contributed by atoms with E-state index >= 15 is 0 Å². The molecule has 1 aromatic heterocycles. The fraction of sp³-hybridized carbons (Fsp3) is 0.727. The fourth-order valence-corrected chi connectivity index (χ4v) is 2.31. The average molecular weight is 178 g/mol. The molecule has 0 saturated carbocycles. The van der Waals surface area contributed by atoms with Gasteiger partial charge in [0.15, 0.2) is 0 Å². The summed E-state index contributed by atoms with van der Waals surface area (Å²) in [5.41, 5.74) is 1.32. The Bertz CT molecular complexity index is 288. The zero-order chi connectivity index (χ0) is 9.26. The highest BCUT2D eigenvalue weighted by atomic mass is 15.1. The van der Waals surface area contributed by atoms with E-state index in [2.05, 4.69) is 23.4 Å². The number of hydrogen-bond donors (Lipinski definition) is 0. The molecule has 0 fully saturated rings. The summed E-state index contributed by atoms with van der Waals surface area (Å²) in [5, 5.41) is 0. The second-order valence-corrected chi connectivity index (χ2v) is 4.11. The van der Waals surface area contributed by atoms with E-state index in [0.717, 1.165) is 5.92 Å². The molecule has 2 rings (SSSR count). The van der Waals surface area contributed by atoms with Crippen molar-refractivity contribution in [1.82, 2.24) is 9.55 Å². The maximum Gasteiger partial charge on any atom is 0.109 e. The van der Waals surface area contributed by atoms with Crippen molar-refractivity contribution in [2.24, 2.45) is 5.92 Å². The van der Waals surface area contributed by atoms with Gasteiger partial charge < -0.3 is 4.57 Å². The Morgan fingerprint density at radius 3 is 3.23 bits per heavy atom. The molecule has 0 aromatic carbocycles. The van der Waals surface area contributed by atoms with Crippen LogP contribution in [0.1, 0.15) is 37.7 Å². The first-order valence-corrected chi connectivity index (χ1v) is 5.32. The molecular weight excluding hydrogens is 160 g/mol. The van der Waals surface area contributed by atoms with Crippen molar-refractivity contribution in [3.8, 4) is 0 Å². The van der Waals surface area contributed by atoms with Crippen molar-refractivity contribution in [3.05, 3.63) is 17.7 Å². The molecule has 0 amide bonds. The van der Waals surface area contributed by atoms with Crippen LogP contribution in [0.2, 0.25) is 0 Å². The highest BCUT2D eigenvalue weighted by Crippen LogP contribution is 2.24. The van der Waals surface area contributed by atoms with Crippen molar-refractivity contribution in [1.29, 1.82) is 0 Å². The Morgan fingerprint density at radius 1 is 1.62 bits per heavy atom. The number of nitrogens with zero attached hydrogens (tertiary/aromatic N) is 2. The summed E-state index contributed by atoms with van der Waals surface area (Å²) in [6.07, 6.45) is 7.22. The molecule has 0 radical (unpaired) electrons. The number of aryl methyl sites for hydroxylation is 1. The van der Waals surface area contributed by atoms with Crippen LogP contribution in [-0.2, 0) is 13.0 Å². The molecule has 2 heterocycles. The van der Waals surface area contributed by atoms with Crippen LogP contribution in [0, 0.1) is 12.8 Å². The number of rotatable bonds is 2. The van der Waals surface area contributed by atoms with E-state index in [9.17, 15) is 0 Å². The maximum absolute atomic E-state index is 4.45. The summed E-state index contributed by atoms with van der Waals surface area (Å²) in [7, 11) is 0. The molecule has 1 unspecified atom stereocenters. The van der Waals surface area contributed by atoms with Crippen LogP contribution in [0.15, 0.2) is 6.20 Å². The second kappa shape index (κ2) is 3.52. The van der Waals surface area contributed by atoms with Gasteiger partial charge in [-0.2, -0.15) is 0 Å². The highest BCUT2D eigenvalue weighted by Gasteiger charge is 2.19. The van der Waals surface area contributed by atoms with Gasteiger partial charge in [0.1, 0.15) is 5.82 Å². The van der Waals surface area contributed by atoms with E-state index in [1.807, 2.05) is 6.20 Å². The normalized spacial score (nSPS) is 21.5. The van der Waals surface area contributed by atoms with Gasteiger partial charge in [0.25, 0.3) is 0 Å². The van der Waals surface area contributed by atoms with Crippen LogP contribution in [-0.4, -0.2) is 9.55 Å². The standard InChI is InChI=1S/C11H18N2/c1-3-4-10-5-6-13-9(2)8-12-11(13)7-10/h8,10H,3-7H2,1-2H3. The first-order valence-electron chi connectivity index (χ1n) is 5.32. The number of fused-ring (bicyclic) bond motifs is 1. The minimum atomic E-state index is 0.888. The van der Waals surface area contributed by atoms with E-state index < -0.39 is 0 Å². The Hall–Kier alpha value is -0.790. The first-order chi connectivity index (χ1) is 6.31. The van der Waals surface area contributed by atoms with Gasteiger partial charge in [0.05, 0.1) is 0 Å². The predicted octanol–water partition coefficient (Wildman–Crippen LogP) is 2.55. The van der Waals surface area contributed by atoms with Crippen LogP contribution < -0.4 is 0 Å². The molecular formula is C11H18N2. The van der Waals surface area contributed by atoms with Gasteiger partial charge in [0.2, 0.25) is 0 Å². The minimum absolute atomic E-state index is 0.888. The Balaban J connectivity index is 2.11. The van der Waals surface area contributed by atoms with Crippen LogP contribution in [0.5, 0.6) is 0 Å². The van der Waals surface area contributed by atoms with Gasteiger partial charge in [0, 0.05) is 24.9 Å². The monoisotopic (exact) mass is 178 g/mol. The predicted molar refractivity (Wildman–Crippen MR) is 53.7 cm³/mol. The molecule has 1 aliphatic rings. The van der Waals surface area contributed by atoms with E-state index in [-0.39, 0.29) is 0 Å². The minimum Gasteiger partial charge on any atom is -0.332 e. The highest BCUT2D eigenvalue weighted by molar-refractivity contribution is 5.06. The van der Waals surface area contributed by atoms with Crippen molar-refractivity contribution < 1.29 is 0 Å². The lowest BCUT2D eigenvalue weighted by Crippen LogP contribution is -2.20. The lowest BCUT2D eigenvalue weighted by molar-refractivity contribution is 0.356. The van der Waals surface area contributed by atoms with Gasteiger partial charge >= 0.3 is 0 Å². The molecule has 1 aliphatic heterocycles. The molecule has 13 heavy (non-hydrogen) atoms. The molecule has 2 heteroatoms. The van der Waals surface area contributed by atoms with Crippen molar-refractivity contribution in [2.45, 2.75) is 46.1 Å². The molecule has 0 N–H and O–H groups in total. The van der Waals surface area contributed by atoms with Crippen molar-refractivity contribution >= 4 is 0 Å². The quantitative estimate of drug-likeness (QED) is 0.680. The lowest BCUT2D eigenvalue weighted by atomic mass is 9.93. The molecule has 0 aliphatic carbocycles. The van der Waals surface area contributed by atoms with E-state index in [0.29, 0.717) is 0 Å². The summed E-state index contributed by atoms with van der Waals surface area (Å²) >= 11 is 0. The number of aromatic nitrogens is 2. The lowest BCUT2D eigenvalue weighted by Gasteiger charge is -2.23. The smallest absolute Gasteiger partial charge is 0.109 e. The summed E-state index contributed by atoms with van der Waals surface area (Å²) in [5.74, 6) is 2.20. The summed E-state index contributed by atoms with van der Waals surface area (Å²) in [6, 6.07) is 0. The molecule has 1 aromatic rings. The van der Waals surface area contributed by atoms with Crippen molar-refractivity contribution in [2.75, 3.05) is 0 Å². The van der Waals surface area contributed by atoms with Gasteiger partial charge in [-0.05, 0) is 19.3 Å². The second-order valence-electron chi connectivity index (χ2n) is 4.11.